The quantitative estimate of drug-likeness (QED) is 0.711. The number of rotatable bonds is 8. The first-order valence-electron chi connectivity index (χ1n) is 10.3. The van der Waals surface area contributed by atoms with E-state index in [0.29, 0.717) is 17.2 Å². The summed E-state index contributed by atoms with van der Waals surface area (Å²) in [7, 11) is 1.63. The van der Waals surface area contributed by atoms with Crippen LogP contribution in [0.1, 0.15) is 55.1 Å². The number of ether oxygens (including phenoxy) is 1. The Balaban J connectivity index is 2.21. The van der Waals surface area contributed by atoms with Crippen LogP contribution in [0.4, 0.5) is 5.82 Å². The van der Waals surface area contributed by atoms with Crippen molar-refractivity contribution in [3.63, 3.8) is 0 Å². The average Bonchev–Trinajstić information content (AvgIpc) is 3.25. The molecule has 1 amide bonds. The molecule has 29 heavy (non-hydrogen) atoms. The lowest BCUT2D eigenvalue weighted by molar-refractivity contribution is 0.0997. The molecule has 6 heteroatoms. The summed E-state index contributed by atoms with van der Waals surface area (Å²) in [6.07, 6.45) is 2.96. The highest BCUT2D eigenvalue weighted by molar-refractivity contribution is 5.96. The predicted octanol–water partition coefficient (Wildman–Crippen LogP) is 3.58. The van der Waals surface area contributed by atoms with Crippen LogP contribution in [0.3, 0.4) is 0 Å². The van der Waals surface area contributed by atoms with E-state index in [1.54, 1.807) is 7.11 Å². The van der Waals surface area contributed by atoms with E-state index >= 15 is 0 Å². The number of nitrogens with zero attached hydrogens (tertiary/aromatic N) is 2. The number of methoxy groups -OCH3 is 1. The summed E-state index contributed by atoms with van der Waals surface area (Å²) in [6, 6.07) is 9.59. The molecule has 3 N–H and O–H groups in total. The van der Waals surface area contributed by atoms with Gasteiger partial charge in [-0.2, -0.15) is 0 Å². The fraction of sp³-hybridized carbons (Fsp3) is 0.478. The smallest absolute Gasteiger partial charge is 0.250 e. The molecule has 1 atom stereocenters. The zero-order chi connectivity index (χ0) is 21.0. The van der Waals surface area contributed by atoms with Crippen LogP contribution < -0.4 is 15.4 Å². The van der Waals surface area contributed by atoms with Crippen molar-refractivity contribution in [1.82, 2.24) is 4.98 Å². The molecule has 1 aliphatic rings. The number of aromatic nitrogens is 1. The molecule has 0 aliphatic carbocycles. The van der Waals surface area contributed by atoms with Crippen LogP contribution in [-0.4, -0.2) is 42.8 Å². The van der Waals surface area contributed by atoms with Gasteiger partial charge in [-0.15, -0.1) is 0 Å². The number of pyridine rings is 1. The van der Waals surface area contributed by atoms with E-state index < -0.39 is 5.91 Å². The van der Waals surface area contributed by atoms with E-state index in [2.05, 4.69) is 18.7 Å². The Kier molecular flexibility index (Phi) is 6.75. The molecular weight excluding hydrogens is 366 g/mol. The number of hydrogen-bond acceptors (Lipinski definition) is 5. The fourth-order valence-corrected chi connectivity index (χ4v) is 4.04. The molecule has 0 unspecified atom stereocenters. The maximum atomic E-state index is 12.3. The number of hydrogen-bond donors (Lipinski definition) is 2. The summed E-state index contributed by atoms with van der Waals surface area (Å²) < 4.78 is 5.38. The molecule has 3 rings (SSSR count). The van der Waals surface area contributed by atoms with Crippen molar-refractivity contribution in [1.29, 1.82) is 0 Å². The Morgan fingerprint density at radius 2 is 2.00 bits per heavy atom. The van der Waals surface area contributed by atoms with Crippen LogP contribution in [0, 0.1) is 5.92 Å². The largest absolute Gasteiger partial charge is 0.497 e. The van der Waals surface area contributed by atoms with Gasteiger partial charge >= 0.3 is 0 Å². The Bertz CT molecular complexity index is 860. The van der Waals surface area contributed by atoms with Crippen LogP contribution in [0.15, 0.2) is 30.3 Å². The molecule has 1 saturated heterocycles. The van der Waals surface area contributed by atoms with Crippen LogP contribution >= 0.6 is 0 Å². The molecule has 2 aromatic rings. The van der Waals surface area contributed by atoms with E-state index in [1.165, 1.54) is 0 Å². The number of primary amides is 1. The minimum atomic E-state index is -0.521. The second-order valence-corrected chi connectivity index (χ2v) is 8.09. The number of carbonyl (C=O) groups excluding carboxylic acids is 1. The third-order valence-corrected chi connectivity index (χ3v) is 5.45. The van der Waals surface area contributed by atoms with Crippen molar-refractivity contribution in [3.8, 4) is 16.9 Å². The number of amides is 1. The zero-order valence-electron chi connectivity index (χ0n) is 17.5. The Morgan fingerprint density at radius 3 is 2.59 bits per heavy atom. The van der Waals surface area contributed by atoms with Gasteiger partial charge in [-0.05, 0) is 48.9 Å². The standard InChI is InChI=1S/C23H31N3O3/c1-15(2)11-17(14-27)21-20(22(24)28)13-19(16-7-6-8-18(12-16)29-3)23(25-21)26-9-4-5-10-26/h6-8,12-13,15,17,27H,4-5,9-11,14H2,1-3H3,(H2,24,28)/t17-/m0/s1. The van der Waals surface area contributed by atoms with E-state index in [9.17, 15) is 9.90 Å². The minimum Gasteiger partial charge on any atom is -0.497 e. The van der Waals surface area contributed by atoms with Gasteiger partial charge in [-0.25, -0.2) is 4.98 Å². The van der Waals surface area contributed by atoms with Gasteiger partial charge in [-0.3, -0.25) is 4.79 Å². The van der Waals surface area contributed by atoms with Crippen molar-refractivity contribution >= 4 is 11.7 Å². The molecule has 0 bridgehead atoms. The van der Waals surface area contributed by atoms with Crippen molar-refractivity contribution in [2.75, 3.05) is 31.7 Å². The summed E-state index contributed by atoms with van der Waals surface area (Å²) >= 11 is 0. The second-order valence-electron chi connectivity index (χ2n) is 8.09. The number of benzene rings is 1. The molecule has 2 heterocycles. The van der Waals surface area contributed by atoms with Gasteiger partial charge in [0.05, 0.1) is 25.0 Å². The normalized spacial score (nSPS) is 15.0. The summed E-state index contributed by atoms with van der Waals surface area (Å²) in [5.41, 5.74) is 8.52. The molecule has 0 spiro atoms. The third-order valence-electron chi connectivity index (χ3n) is 5.45. The number of anilines is 1. The lowest BCUT2D eigenvalue weighted by Gasteiger charge is -2.25. The van der Waals surface area contributed by atoms with Crippen molar-refractivity contribution in [2.24, 2.45) is 11.7 Å². The van der Waals surface area contributed by atoms with Crippen LogP contribution in [0.2, 0.25) is 0 Å². The van der Waals surface area contributed by atoms with Crippen LogP contribution in [0.25, 0.3) is 11.1 Å². The Morgan fingerprint density at radius 1 is 1.28 bits per heavy atom. The highest BCUT2D eigenvalue weighted by Crippen LogP contribution is 2.37. The number of nitrogens with two attached hydrogens (primary N) is 1. The first-order chi connectivity index (χ1) is 13.9. The van der Waals surface area contributed by atoms with Crippen molar-refractivity contribution in [3.05, 3.63) is 41.6 Å². The number of carbonyl (C=O) groups is 1. The predicted molar refractivity (Wildman–Crippen MR) is 115 cm³/mol. The van der Waals surface area contributed by atoms with Crippen molar-refractivity contribution < 1.29 is 14.6 Å². The first-order valence-corrected chi connectivity index (χ1v) is 10.3. The van der Waals surface area contributed by atoms with E-state index in [4.69, 9.17) is 15.5 Å². The minimum absolute atomic E-state index is 0.0661. The lowest BCUT2D eigenvalue weighted by Crippen LogP contribution is -2.25. The van der Waals surface area contributed by atoms with E-state index in [0.717, 1.165) is 55.0 Å². The lowest BCUT2D eigenvalue weighted by atomic mass is 9.90. The van der Waals surface area contributed by atoms with Gasteiger partial charge in [-0.1, -0.05) is 26.0 Å². The van der Waals surface area contributed by atoms with Crippen molar-refractivity contribution in [2.45, 2.75) is 39.0 Å². The topological polar surface area (TPSA) is 88.7 Å². The maximum Gasteiger partial charge on any atom is 0.250 e. The van der Waals surface area contributed by atoms with E-state index in [-0.39, 0.29) is 12.5 Å². The van der Waals surface area contributed by atoms with Gasteiger partial charge in [0.2, 0.25) is 0 Å². The summed E-state index contributed by atoms with van der Waals surface area (Å²) in [5.74, 6) is 1.21. The molecule has 0 saturated carbocycles. The summed E-state index contributed by atoms with van der Waals surface area (Å²) in [4.78, 5) is 19.5. The molecular formula is C23H31N3O3. The van der Waals surface area contributed by atoms with Gasteiger partial charge < -0.3 is 20.5 Å². The van der Waals surface area contributed by atoms with Gasteiger partial charge in [0, 0.05) is 24.6 Å². The van der Waals surface area contributed by atoms with Crippen LogP contribution in [-0.2, 0) is 0 Å². The first kappa shape index (κ1) is 21.1. The molecule has 6 nitrogen and oxygen atoms in total. The van der Waals surface area contributed by atoms with E-state index in [1.807, 2.05) is 30.3 Å². The summed E-state index contributed by atoms with van der Waals surface area (Å²) in [6.45, 7) is 5.97. The van der Waals surface area contributed by atoms with Gasteiger partial charge in [0.1, 0.15) is 11.6 Å². The number of aliphatic hydroxyl groups excluding tert-OH is 1. The molecule has 1 aromatic heterocycles. The highest BCUT2D eigenvalue weighted by atomic mass is 16.5. The maximum absolute atomic E-state index is 12.3. The number of aliphatic hydroxyl groups is 1. The molecule has 156 valence electrons. The third kappa shape index (κ3) is 4.70. The molecule has 1 aromatic carbocycles. The van der Waals surface area contributed by atoms with Gasteiger partial charge in [0.15, 0.2) is 0 Å². The zero-order valence-corrected chi connectivity index (χ0v) is 17.5. The monoisotopic (exact) mass is 397 g/mol. The summed E-state index contributed by atoms with van der Waals surface area (Å²) in [5, 5.41) is 10.0. The second kappa shape index (κ2) is 9.27. The fourth-order valence-electron chi connectivity index (χ4n) is 4.04. The molecule has 1 fully saturated rings. The molecule has 0 radical (unpaired) electrons. The van der Waals surface area contributed by atoms with Crippen LogP contribution in [0.5, 0.6) is 5.75 Å². The Hall–Kier alpha value is -2.60. The molecule has 1 aliphatic heterocycles. The Labute approximate surface area is 172 Å². The average molecular weight is 398 g/mol. The highest BCUT2D eigenvalue weighted by Gasteiger charge is 2.26. The SMILES string of the molecule is COc1cccc(-c2cc(C(N)=O)c([C@H](CO)CC(C)C)nc2N2CCCC2)c1. The van der Waals surface area contributed by atoms with Gasteiger partial charge in [0.25, 0.3) is 5.91 Å².